The standard InChI is InChI=1S/C36H39N5O7/c1-18(2)29(43)32(45)38-25-15-19-12-13-26-23(14-19)36(22-10-6-7-11-24(22)39-35(36)47-26)30-28(33-37-21(16-42)17-46-33)41-34(48-30)27(40-31(25)44)20-8-4-3-5-9-20/h6-7,10-14,17-18,20,25,27,29,35,39,42-43H,3-5,8-9,15-16H2,1-2H3,(H,38,45)(H,40,44)/t25-,27?,29-,35?,36-/m0/s1. The molecule has 0 saturated heterocycles. The van der Waals surface area contributed by atoms with Gasteiger partial charge in [-0.1, -0.05) is 63.4 Å². The number of nitrogens with one attached hydrogen (secondary N) is 3. The van der Waals surface area contributed by atoms with Crippen LogP contribution in [0.15, 0.2) is 57.6 Å². The van der Waals surface area contributed by atoms with Crippen molar-refractivity contribution < 1.29 is 33.4 Å². The minimum atomic E-state index is -1.27. The first-order chi connectivity index (χ1) is 23.3. The molecule has 2 amide bonds. The van der Waals surface area contributed by atoms with E-state index in [2.05, 4.69) is 20.9 Å². The molecule has 12 heteroatoms. The number of carbonyl (C=O) groups excluding carboxylic acids is 2. The van der Waals surface area contributed by atoms with Crippen molar-refractivity contribution in [2.75, 3.05) is 5.32 Å². The summed E-state index contributed by atoms with van der Waals surface area (Å²) in [4.78, 5) is 37.0. The van der Waals surface area contributed by atoms with E-state index in [1.165, 1.54) is 6.26 Å². The fourth-order valence-corrected chi connectivity index (χ4v) is 7.83. The smallest absolute Gasteiger partial charge is 0.249 e. The number of aromatic nitrogens is 2. The second-order valence-electron chi connectivity index (χ2n) is 13.7. The maximum absolute atomic E-state index is 14.2. The van der Waals surface area contributed by atoms with E-state index < -0.39 is 41.6 Å². The van der Waals surface area contributed by atoms with Gasteiger partial charge in [0, 0.05) is 17.7 Å². The number of oxazole rings is 2. The molecule has 2 unspecified atom stereocenters. The molecule has 3 aliphatic heterocycles. The molecule has 0 radical (unpaired) electrons. The lowest BCUT2D eigenvalue weighted by atomic mass is 9.72. The first-order valence-electron chi connectivity index (χ1n) is 16.8. The molecule has 48 heavy (non-hydrogen) atoms. The Labute approximate surface area is 277 Å². The predicted molar refractivity (Wildman–Crippen MR) is 173 cm³/mol. The summed E-state index contributed by atoms with van der Waals surface area (Å²) in [5, 5.41) is 30.1. The largest absolute Gasteiger partial charge is 0.469 e. The number of aliphatic hydroxyl groups excluding tert-OH is 2. The van der Waals surface area contributed by atoms with Crippen molar-refractivity contribution in [3.8, 4) is 17.3 Å². The second-order valence-corrected chi connectivity index (χ2v) is 13.7. The highest BCUT2D eigenvalue weighted by atomic mass is 16.5. The summed E-state index contributed by atoms with van der Waals surface area (Å²) in [5.41, 5.74) is 3.07. The van der Waals surface area contributed by atoms with Gasteiger partial charge in [0.2, 0.25) is 23.6 Å². The molecular formula is C36H39N5O7. The first-order valence-corrected chi connectivity index (χ1v) is 16.8. The van der Waals surface area contributed by atoms with Crippen LogP contribution in [0.25, 0.3) is 11.6 Å². The van der Waals surface area contributed by atoms with Gasteiger partial charge in [0.25, 0.3) is 0 Å². The van der Waals surface area contributed by atoms with Crippen LogP contribution in [-0.4, -0.2) is 50.4 Å². The second kappa shape index (κ2) is 11.8. The van der Waals surface area contributed by atoms with Crippen LogP contribution in [0.1, 0.15) is 86.0 Å². The normalized spacial score (nSPS) is 25.2. The van der Waals surface area contributed by atoms with E-state index in [0.717, 1.165) is 54.5 Å². The van der Waals surface area contributed by atoms with Crippen molar-refractivity contribution in [2.24, 2.45) is 11.8 Å². The summed E-state index contributed by atoms with van der Waals surface area (Å²) in [7, 11) is 0. The van der Waals surface area contributed by atoms with Crippen LogP contribution >= 0.6 is 0 Å². The Morgan fingerprint density at radius 3 is 2.67 bits per heavy atom. The Hall–Kier alpha value is -4.68. The molecular weight excluding hydrogens is 614 g/mol. The Morgan fingerprint density at radius 2 is 1.90 bits per heavy atom. The molecule has 4 aromatic rings. The molecule has 5 N–H and O–H groups in total. The van der Waals surface area contributed by atoms with Gasteiger partial charge >= 0.3 is 0 Å². The number of hydrogen-bond acceptors (Lipinski definition) is 10. The van der Waals surface area contributed by atoms with Crippen LogP contribution in [0.5, 0.6) is 5.75 Å². The predicted octanol–water partition coefficient (Wildman–Crippen LogP) is 4.10. The van der Waals surface area contributed by atoms with Gasteiger partial charge in [0.15, 0.2) is 17.7 Å². The molecule has 1 fully saturated rings. The van der Waals surface area contributed by atoms with Gasteiger partial charge in [-0.3, -0.25) is 9.59 Å². The Kier molecular flexibility index (Phi) is 7.52. The third-order valence-electron chi connectivity index (χ3n) is 10.3. The summed E-state index contributed by atoms with van der Waals surface area (Å²) in [6.07, 6.45) is 4.54. The lowest BCUT2D eigenvalue weighted by Gasteiger charge is -2.31. The topological polar surface area (TPSA) is 172 Å². The van der Waals surface area contributed by atoms with Crippen molar-refractivity contribution in [3.05, 3.63) is 82.8 Å². The summed E-state index contributed by atoms with van der Waals surface area (Å²) in [6, 6.07) is 12.1. The fraction of sp³-hybridized carbons (Fsp3) is 0.444. The number of ether oxygens (including phenoxy) is 1. The number of para-hydroxylation sites is 1. The van der Waals surface area contributed by atoms with Crippen LogP contribution < -0.4 is 20.7 Å². The minimum Gasteiger partial charge on any atom is -0.469 e. The van der Waals surface area contributed by atoms with E-state index in [1.54, 1.807) is 13.8 Å². The summed E-state index contributed by atoms with van der Waals surface area (Å²) < 4.78 is 19.5. The van der Waals surface area contributed by atoms with Gasteiger partial charge in [0.1, 0.15) is 41.3 Å². The Balaban J connectivity index is 1.37. The zero-order valence-corrected chi connectivity index (χ0v) is 26.9. The number of benzene rings is 2. The molecule has 12 nitrogen and oxygen atoms in total. The van der Waals surface area contributed by atoms with E-state index in [9.17, 15) is 19.8 Å². The van der Waals surface area contributed by atoms with Gasteiger partial charge in [-0.15, -0.1) is 0 Å². The van der Waals surface area contributed by atoms with Crippen LogP contribution in [0.3, 0.4) is 0 Å². The van der Waals surface area contributed by atoms with Crippen molar-refractivity contribution in [1.82, 2.24) is 20.6 Å². The lowest BCUT2D eigenvalue weighted by Crippen LogP contribution is -2.53. The van der Waals surface area contributed by atoms with E-state index in [4.69, 9.17) is 18.6 Å². The zero-order valence-electron chi connectivity index (χ0n) is 26.9. The highest BCUT2D eigenvalue weighted by Crippen LogP contribution is 2.59. The monoisotopic (exact) mass is 653 g/mol. The molecule has 1 saturated carbocycles. The molecule has 5 atom stereocenters. The number of rotatable bonds is 6. The Bertz CT molecular complexity index is 1880. The van der Waals surface area contributed by atoms with Crippen LogP contribution in [0.4, 0.5) is 5.69 Å². The molecule has 1 spiro atoms. The number of aliphatic hydroxyl groups is 2. The fourth-order valence-electron chi connectivity index (χ4n) is 7.83. The highest BCUT2D eigenvalue weighted by molar-refractivity contribution is 5.90. The third-order valence-corrected chi connectivity index (χ3v) is 10.3. The van der Waals surface area contributed by atoms with Crippen LogP contribution in [-0.2, 0) is 28.0 Å². The molecule has 4 bridgehead atoms. The molecule has 2 aromatic carbocycles. The van der Waals surface area contributed by atoms with Crippen LogP contribution in [0.2, 0.25) is 0 Å². The average molecular weight is 654 g/mol. The maximum atomic E-state index is 14.2. The summed E-state index contributed by atoms with van der Waals surface area (Å²) in [6.45, 7) is 3.20. The number of fused-ring (bicyclic) bond motifs is 4. The molecule has 5 heterocycles. The quantitative estimate of drug-likeness (QED) is 0.204. The highest BCUT2D eigenvalue weighted by Gasteiger charge is 2.61. The number of nitrogens with zero attached hydrogens (tertiary/aromatic N) is 2. The summed E-state index contributed by atoms with van der Waals surface area (Å²) in [5.74, 6) is 0.279. The number of carbonyl (C=O) groups is 2. The number of hydrogen-bond donors (Lipinski definition) is 5. The van der Waals surface area contributed by atoms with E-state index in [-0.39, 0.29) is 30.8 Å². The van der Waals surface area contributed by atoms with Crippen molar-refractivity contribution in [3.63, 3.8) is 0 Å². The molecule has 4 aliphatic rings. The van der Waals surface area contributed by atoms with Gasteiger partial charge in [-0.2, -0.15) is 0 Å². The van der Waals surface area contributed by atoms with Gasteiger partial charge in [-0.25, -0.2) is 9.97 Å². The molecule has 1 aliphatic carbocycles. The SMILES string of the molecule is CC(C)[C@H](O)C(=O)N[C@H]1Cc2ccc3c(c2)[C@@]2(c4ccccc4NC2O3)c2oc(nc2-c2nc(CO)co2)C(C2CCCCC2)NC1=O. The number of amides is 2. The molecule has 8 rings (SSSR count). The van der Waals surface area contributed by atoms with Gasteiger partial charge in [-0.05, 0) is 47.9 Å². The Morgan fingerprint density at radius 1 is 1.08 bits per heavy atom. The van der Waals surface area contributed by atoms with E-state index in [0.29, 0.717) is 28.8 Å². The van der Waals surface area contributed by atoms with Gasteiger partial charge < -0.3 is 39.7 Å². The van der Waals surface area contributed by atoms with Gasteiger partial charge in [0.05, 0.1) is 6.61 Å². The molecule has 2 aromatic heterocycles. The van der Waals surface area contributed by atoms with Crippen molar-refractivity contribution in [1.29, 1.82) is 0 Å². The van der Waals surface area contributed by atoms with E-state index >= 15 is 0 Å². The van der Waals surface area contributed by atoms with E-state index in [1.807, 2.05) is 42.5 Å². The summed E-state index contributed by atoms with van der Waals surface area (Å²) >= 11 is 0. The first kappa shape index (κ1) is 30.6. The number of anilines is 1. The van der Waals surface area contributed by atoms with Crippen molar-refractivity contribution in [2.45, 2.75) is 88.8 Å². The zero-order chi connectivity index (χ0) is 33.2. The molecule has 250 valence electrons. The lowest BCUT2D eigenvalue weighted by molar-refractivity contribution is -0.136. The van der Waals surface area contributed by atoms with Crippen LogP contribution in [0, 0.1) is 11.8 Å². The average Bonchev–Trinajstić information content (AvgIpc) is 3.87. The minimum absolute atomic E-state index is 0.0238. The third kappa shape index (κ3) is 4.80. The maximum Gasteiger partial charge on any atom is 0.249 e. The van der Waals surface area contributed by atoms with Crippen molar-refractivity contribution >= 4 is 17.5 Å².